The van der Waals surface area contributed by atoms with Crippen molar-refractivity contribution in [2.24, 2.45) is 0 Å². The molecule has 136 valence electrons. The molecule has 1 heterocycles. The lowest BCUT2D eigenvalue weighted by molar-refractivity contribution is -0.141. The van der Waals surface area contributed by atoms with Crippen molar-refractivity contribution >= 4 is 20.0 Å². The largest absolute Gasteiger partial charge is 0.480 e. The van der Waals surface area contributed by atoms with Crippen molar-refractivity contribution in [3.63, 3.8) is 0 Å². The van der Waals surface area contributed by atoms with E-state index in [2.05, 4.69) is 19.6 Å². The number of rotatable bonds is 8. The van der Waals surface area contributed by atoms with E-state index in [1.807, 2.05) is 0 Å². The van der Waals surface area contributed by atoms with Gasteiger partial charge in [-0.3, -0.25) is 4.79 Å². The van der Waals surface area contributed by atoms with E-state index in [9.17, 15) is 14.7 Å². The van der Waals surface area contributed by atoms with E-state index >= 15 is 0 Å². The molecular weight excluding hydrogens is 338 g/mol. The third kappa shape index (κ3) is 5.72. The number of benzene rings is 1. The van der Waals surface area contributed by atoms with Crippen LogP contribution in [-0.2, 0) is 9.53 Å². The lowest BCUT2D eigenvalue weighted by atomic mass is 10.1. The second kappa shape index (κ2) is 8.31. The van der Waals surface area contributed by atoms with Crippen molar-refractivity contribution in [3.05, 3.63) is 42.1 Å². The van der Waals surface area contributed by atoms with Crippen molar-refractivity contribution in [3.8, 4) is 5.75 Å². The van der Waals surface area contributed by atoms with Gasteiger partial charge in [-0.1, -0.05) is 31.8 Å². The van der Waals surface area contributed by atoms with Gasteiger partial charge in [-0.15, -0.1) is 0 Å². The third-order valence-corrected chi connectivity index (χ3v) is 5.57. The van der Waals surface area contributed by atoms with E-state index in [0.717, 1.165) is 6.04 Å². The fraction of sp³-hybridized carbons (Fsp3) is 0.444. The Balaban J connectivity index is 1.91. The second-order valence-corrected chi connectivity index (χ2v) is 12.8. The zero-order valence-electron chi connectivity index (χ0n) is 14.9. The molecule has 1 aliphatic heterocycles. The van der Waals surface area contributed by atoms with Crippen molar-refractivity contribution in [2.45, 2.75) is 38.1 Å². The highest BCUT2D eigenvalue weighted by atomic mass is 28.3. The average molecular weight is 363 g/mol. The lowest BCUT2D eigenvalue weighted by Gasteiger charge is -2.20. The Bertz CT molecular complexity index is 653. The molecule has 0 saturated carbocycles. The van der Waals surface area contributed by atoms with E-state index in [1.165, 1.54) is 11.1 Å². The van der Waals surface area contributed by atoms with Gasteiger partial charge in [0.2, 0.25) is 0 Å². The number of amides is 1. The highest BCUT2D eigenvalue weighted by Crippen LogP contribution is 2.21. The fourth-order valence-corrected chi connectivity index (χ4v) is 3.12. The van der Waals surface area contributed by atoms with Crippen LogP contribution in [0.2, 0.25) is 25.7 Å². The Hall–Kier alpha value is -2.12. The van der Waals surface area contributed by atoms with Crippen LogP contribution < -0.4 is 4.74 Å². The van der Waals surface area contributed by atoms with Gasteiger partial charge in [0, 0.05) is 26.4 Å². The van der Waals surface area contributed by atoms with Crippen LogP contribution in [0.15, 0.2) is 36.5 Å². The van der Waals surface area contributed by atoms with Crippen molar-refractivity contribution in [2.75, 3.05) is 13.4 Å². The summed E-state index contributed by atoms with van der Waals surface area (Å²) in [4.78, 5) is 25.0. The summed E-state index contributed by atoms with van der Waals surface area (Å²) in [5.74, 6) is -0.846. The number of carboxylic acid groups (broad SMARTS) is 1. The van der Waals surface area contributed by atoms with E-state index in [0.29, 0.717) is 24.3 Å². The molecule has 0 aromatic heterocycles. The minimum absolute atomic E-state index is 0.128. The second-order valence-electron chi connectivity index (χ2n) is 7.20. The maximum atomic E-state index is 12.5. The maximum absolute atomic E-state index is 12.5. The molecule has 0 unspecified atom stereocenters. The van der Waals surface area contributed by atoms with Crippen LogP contribution in [0.5, 0.6) is 5.75 Å². The van der Waals surface area contributed by atoms with Gasteiger partial charge in [0.05, 0.1) is 0 Å². The van der Waals surface area contributed by atoms with E-state index in [-0.39, 0.29) is 12.7 Å². The van der Waals surface area contributed by atoms with Gasteiger partial charge >= 0.3 is 5.97 Å². The van der Waals surface area contributed by atoms with Crippen LogP contribution in [0.25, 0.3) is 0 Å². The fourth-order valence-electron chi connectivity index (χ4n) is 2.36. The van der Waals surface area contributed by atoms with Crippen molar-refractivity contribution < 1.29 is 24.2 Å². The van der Waals surface area contributed by atoms with Crippen molar-refractivity contribution in [1.29, 1.82) is 0 Å². The topological polar surface area (TPSA) is 76.1 Å². The van der Waals surface area contributed by atoms with Crippen LogP contribution in [0.3, 0.4) is 0 Å². The van der Waals surface area contributed by atoms with Crippen LogP contribution in [0, 0.1) is 0 Å². The summed E-state index contributed by atoms with van der Waals surface area (Å²) in [6.07, 6.45) is 3.53. The molecular formula is C18H25NO5Si. The van der Waals surface area contributed by atoms with Gasteiger partial charge in [0.25, 0.3) is 5.91 Å². The first-order valence-corrected chi connectivity index (χ1v) is 12.0. The zero-order valence-corrected chi connectivity index (χ0v) is 15.9. The smallest absolute Gasteiger partial charge is 0.327 e. The molecule has 0 radical (unpaired) electrons. The summed E-state index contributed by atoms with van der Waals surface area (Å²) in [6, 6.07) is 6.92. The number of nitrogens with zero attached hydrogens (tertiary/aromatic N) is 1. The van der Waals surface area contributed by atoms with E-state index in [1.54, 1.807) is 30.3 Å². The third-order valence-electron chi connectivity index (χ3n) is 3.87. The molecule has 1 amide bonds. The Morgan fingerprint density at radius 3 is 2.76 bits per heavy atom. The zero-order chi connectivity index (χ0) is 18.4. The number of hydrogen-bond donors (Lipinski definition) is 1. The van der Waals surface area contributed by atoms with E-state index < -0.39 is 20.1 Å². The van der Waals surface area contributed by atoms with Crippen molar-refractivity contribution in [1.82, 2.24) is 4.90 Å². The Morgan fingerprint density at radius 2 is 2.08 bits per heavy atom. The molecule has 1 aromatic rings. The van der Waals surface area contributed by atoms with E-state index in [4.69, 9.17) is 9.47 Å². The highest BCUT2D eigenvalue weighted by molar-refractivity contribution is 6.76. The van der Waals surface area contributed by atoms with Gasteiger partial charge in [-0.05, 0) is 30.7 Å². The number of aliphatic carboxylic acids is 1. The molecule has 1 N–H and O–H groups in total. The molecule has 1 aliphatic rings. The molecule has 6 nitrogen and oxygen atoms in total. The first kappa shape index (κ1) is 19.2. The van der Waals surface area contributed by atoms with Gasteiger partial charge in [-0.25, -0.2) is 4.79 Å². The summed E-state index contributed by atoms with van der Waals surface area (Å²) in [7, 11) is -1.13. The number of hydrogen-bond acceptors (Lipinski definition) is 4. The molecule has 1 atom stereocenters. The average Bonchev–Trinajstić information content (AvgIpc) is 3.03. The van der Waals surface area contributed by atoms with Gasteiger partial charge in [0.1, 0.15) is 11.8 Å². The van der Waals surface area contributed by atoms with Gasteiger partial charge < -0.3 is 19.5 Å². The minimum Gasteiger partial charge on any atom is -0.480 e. The Morgan fingerprint density at radius 1 is 1.32 bits per heavy atom. The molecule has 0 aliphatic carbocycles. The van der Waals surface area contributed by atoms with Gasteiger partial charge in [-0.2, -0.15) is 0 Å². The molecule has 0 bridgehead atoms. The lowest BCUT2D eigenvalue weighted by Crippen LogP contribution is -2.38. The summed E-state index contributed by atoms with van der Waals surface area (Å²) < 4.78 is 11.0. The quantitative estimate of drug-likeness (QED) is 0.436. The first-order chi connectivity index (χ1) is 11.8. The minimum atomic E-state index is -1.13. The van der Waals surface area contributed by atoms with Crippen LogP contribution in [0.4, 0.5) is 0 Å². The molecule has 1 aromatic carbocycles. The molecule has 2 rings (SSSR count). The molecule has 0 saturated heterocycles. The number of carbonyl (C=O) groups is 2. The molecule has 25 heavy (non-hydrogen) atoms. The normalized spacial score (nSPS) is 16.9. The highest BCUT2D eigenvalue weighted by Gasteiger charge is 2.31. The van der Waals surface area contributed by atoms with Gasteiger partial charge in [0.15, 0.2) is 6.79 Å². The molecule has 7 heteroatoms. The number of ether oxygens (including phenoxy) is 2. The Labute approximate surface area is 149 Å². The Kier molecular flexibility index (Phi) is 6.38. The maximum Gasteiger partial charge on any atom is 0.327 e. The molecule has 0 spiro atoms. The summed E-state index contributed by atoms with van der Waals surface area (Å²) in [5.41, 5.74) is 0.386. The summed E-state index contributed by atoms with van der Waals surface area (Å²) in [5, 5.41) is 9.19. The van der Waals surface area contributed by atoms with Crippen LogP contribution >= 0.6 is 0 Å². The SMILES string of the molecule is C[Si](C)(C)CCOCOc1cccc(C(=O)N2C=CC[C@H]2C(=O)O)c1. The first-order valence-electron chi connectivity index (χ1n) is 8.31. The van der Waals surface area contributed by atoms with Crippen LogP contribution in [0.1, 0.15) is 16.8 Å². The standard InChI is InChI=1S/C18H25NO5Si/c1-25(2,3)11-10-23-13-24-15-7-4-6-14(12-15)17(20)19-9-5-8-16(19)18(21)22/h4-7,9,12,16H,8,10-11,13H2,1-3H3,(H,21,22)/t16-/m0/s1. The number of carboxylic acids is 1. The summed E-state index contributed by atoms with van der Waals surface area (Å²) >= 11 is 0. The predicted octanol–water partition coefficient (Wildman–Crippen LogP) is 3.19. The monoisotopic (exact) mass is 363 g/mol. The molecule has 0 fully saturated rings. The predicted molar refractivity (Wildman–Crippen MR) is 97.4 cm³/mol. The number of carbonyl (C=O) groups excluding carboxylic acids is 1. The van der Waals surface area contributed by atoms with Crippen LogP contribution in [-0.4, -0.2) is 49.4 Å². The summed E-state index contributed by atoms with van der Waals surface area (Å²) in [6.45, 7) is 7.63.